The van der Waals surface area contributed by atoms with Gasteiger partial charge in [-0.15, -0.1) is 0 Å². The van der Waals surface area contributed by atoms with Crippen LogP contribution in [-0.2, 0) is 5.41 Å². The van der Waals surface area contributed by atoms with E-state index in [1.54, 1.807) is 0 Å². The number of hydrogen-bond donors (Lipinski definition) is 1. The molecule has 1 saturated carbocycles. The lowest BCUT2D eigenvalue weighted by Crippen LogP contribution is -2.35. The molecule has 3 nitrogen and oxygen atoms in total. The average Bonchev–Trinajstić information content (AvgIpc) is 2.68. The first kappa shape index (κ1) is 8.48. The van der Waals surface area contributed by atoms with Crippen molar-refractivity contribution in [1.82, 2.24) is 10.5 Å². The summed E-state index contributed by atoms with van der Waals surface area (Å²) in [5.41, 5.74) is 1.50. The fraction of sp³-hybridized carbons (Fsp3) is 0.727. The summed E-state index contributed by atoms with van der Waals surface area (Å²) in [6, 6.07) is 2.75. The largest absolute Gasteiger partial charge is 0.361 e. The zero-order valence-electron chi connectivity index (χ0n) is 8.55. The van der Waals surface area contributed by atoms with Gasteiger partial charge in [0.1, 0.15) is 5.76 Å². The summed E-state index contributed by atoms with van der Waals surface area (Å²) < 4.78 is 5.17. The highest BCUT2D eigenvalue weighted by Crippen LogP contribution is 2.52. The lowest BCUT2D eigenvalue weighted by atomic mass is 9.91. The third kappa shape index (κ3) is 1.12. The molecule has 1 unspecified atom stereocenters. The van der Waals surface area contributed by atoms with E-state index in [2.05, 4.69) is 16.5 Å². The monoisotopic (exact) mass is 192 g/mol. The molecule has 0 radical (unpaired) electrons. The second-order valence-electron chi connectivity index (χ2n) is 4.63. The van der Waals surface area contributed by atoms with Gasteiger partial charge in [0, 0.05) is 17.5 Å². The lowest BCUT2D eigenvalue weighted by molar-refractivity contribution is 0.369. The molecule has 2 aliphatic rings. The molecule has 2 heterocycles. The molecule has 0 amide bonds. The number of aromatic nitrogens is 1. The minimum atomic E-state index is 0.328. The molecule has 1 aliphatic heterocycles. The van der Waals surface area contributed by atoms with Crippen molar-refractivity contribution in [2.75, 3.05) is 6.54 Å². The van der Waals surface area contributed by atoms with Crippen LogP contribution in [0.25, 0.3) is 0 Å². The van der Waals surface area contributed by atoms with Gasteiger partial charge in [-0.2, -0.15) is 0 Å². The van der Waals surface area contributed by atoms with Gasteiger partial charge in [0.15, 0.2) is 0 Å². The van der Waals surface area contributed by atoms with Crippen molar-refractivity contribution in [2.45, 2.75) is 44.1 Å². The van der Waals surface area contributed by atoms with Crippen molar-refractivity contribution in [3.63, 3.8) is 0 Å². The zero-order valence-corrected chi connectivity index (χ0v) is 8.55. The Morgan fingerprint density at radius 2 is 2.43 bits per heavy atom. The first-order valence-corrected chi connectivity index (χ1v) is 5.48. The highest BCUT2D eigenvalue weighted by molar-refractivity contribution is 5.28. The SMILES string of the molecule is Cc1cc(C2(C3CCCN3)CC2)no1. The third-order valence-electron chi connectivity index (χ3n) is 3.65. The molecule has 3 heteroatoms. The Labute approximate surface area is 83.9 Å². The van der Waals surface area contributed by atoms with Crippen molar-refractivity contribution >= 4 is 0 Å². The van der Waals surface area contributed by atoms with Crippen LogP contribution < -0.4 is 5.32 Å². The molecular weight excluding hydrogens is 176 g/mol. The molecule has 1 saturated heterocycles. The fourth-order valence-corrected chi connectivity index (χ4v) is 2.68. The normalized spacial score (nSPS) is 29.4. The second kappa shape index (κ2) is 2.83. The van der Waals surface area contributed by atoms with Crippen LogP contribution in [0.1, 0.15) is 37.1 Å². The summed E-state index contributed by atoms with van der Waals surface area (Å²) in [7, 11) is 0. The van der Waals surface area contributed by atoms with E-state index in [0.717, 1.165) is 5.76 Å². The quantitative estimate of drug-likeness (QED) is 0.776. The third-order valence-corrected chi connectivity index (χ3v) is 3.65. The van der Waals surface area contributed by atoms with Gasteiger partial charge in [0.05, 0.1) is 5.69 Å². The standard InChI is InChI=1S/C11H16N2O/c1-8-7-10(13-14-8)11(4-5-11)9-3-2-6-12-9/h7,9,12H,2-6H2,1H3. The van der Waals surface area contributed by atoms with Crippen molar-refractivity contribution in [3.8, 4) is 0 Å². The van der Waals surface area contributed by atoms with Gasteiger partial charge in [0.25, 0.3) is 0 Å². The highest BCUT2D eigenvalue weighted by Gasteiger charge is 2.53. The van der Waals surface area contributed by atoms with Crippen LogP contribution in [0.15, 0.2) is 10.6 Å². The average molecular weight is 192 g/mol. The molecule has 76 valence electrons. The van der Waals surface area contributed by atoms with E-state index in [0.29, 0.717) is 11.5 Å². The van der Waals surface area contributed by atoms with E-state index in [1.807, 2.05) is 6.92 Å². The van der Waals surface area contributed by atoms with E-state index < -0.39 is 0 Å². The predicted molar refractivity (Wildman–Crippen MR) is 53.2 cm³/mol. The maximum Gasteiger partial charge on any atom is 0.133 e. The Kier molecular flexibility index (Phi) is 1.71. The van der Waals surface area contributed by atoms with Gasteiger partial charge in [-0.05, 0) is 39.2 Å². The molecule has 0 spiro atoms. The molecule has 3 rings (SSSR count). The van der Waals surface area contributed by atoms with Crippen molar-refractivity contribution in [3.05, 3.63) is 17.5 Å². The lowest BCUT2D eigenvalue weighted by Gasteiger charge is -2.20. The van der Waals surface area contributed by atoms with Crippen LogP contribution >= 0.6 is 0 Å². The molecule has 14 heavy (non-hydrogen) atoms. The maximum absolute atomic E-state index is 5.17. The molecule has 0 aromatic carbocycles. The molecule has 1 N–H and O–H groups in total. The molecule has 0 bridgehead atoms. The van der Waals surface area contributed by atoms with E-state index in [9.17, 15) is 0 Å². The molecular formula is C11H16N2O. The summed E-state index contributed by atoms with van der Waals surface area (Å²) in [6.45, 7) is 3.14. The Hall–Kier alpha value is -0.830. The molecule has 1 aromatic rings. The summed E-state index contributed by atoms with van der Waals surface area (Å²) in [5, 5.41) is 7.76. The van der Waals surface area contributed by atoms with E-state index in [4.69, 9.17) is 4.52 Å². The number of nitrogens with zero attached hydrogens (tertiary/aromatic N) is 1. The number of aryl methyl sites for hydroxylation is 1. The van der Waals surface area contributed by atoms with Gasteiger partial charge in [-0.1, -0.05) is 5.16 Å². The molecule has 2 fully saturated rings. The summed E-state index contributed by atoms with van der Waals surface area (Å²) >= 11 is 0. The van der Waals surface area contributed by atoms with Crippen LogP contribution in [0.2, 0.25) is 0 Å². The maximum atomic E-state index is 5.17. The summed E-state index contributed by atoms with van der Waals surface area (Å²) in [6.07, 6.45) is 5.16. The van der Waals surface area contributed by atoms with Crippen LogP contribution in [0, 0.1) is 6.92 Å². The Morgan fingerprint density at radius 1 is 1.57 bits per heavy atom. The van der Waals surface area contributed by atoms with Crippen LogP contribution in [0.4, 0.5) is 0 Å². The highest BCUT2D eigenvalue weighted by atomic mass is 16.5. The number of hydrogen-bond acceptors (Lipinski definition) is 3. The van der Waals surface area contributed by atoms with Gasteiger partial charge < -0.3 is 9.84 Å². The second-order valence-corrected chi connectivity index (χ2v) is 4.63. The van der Waals surface area contributed by atoms with Crippen LogP contribution in [-0.4, -0.2) is 17.7 Å². The topological polar surface area (TPSA) is 38.1 Å². The Morgan fingerprint density at radius 3 is 2.93 bits per heavy atom. The molecule has 1 atom stereocenters. The minimum Gasteiger partial charge on any atom is -0.361 e. The smallest absolute Gasteiger partial charge is 0.133 e. The Bertz CT molecular complexity index is 335. The van der Waals surface area contributed by atoms with Crippen molar-refractivity contribution < 1.29 is 4.52 Å². The van der Waals surface area contributed by atoms with Crippen LogP contribution in [0.5, 0.6) is 0 Å². The number of nitrogens with one attached hydrogen (secondary N) is 1. The van der Waals surface area contributed by atoms with E-state index >= 15 is 0 Å². The summed E-state index contributed by atoms with van der Waals surface area (Å²) in [5.74, 6) is 0.935. The molecule has 1 aromatic heterocycles. The summed E-state index contributed by atoms with van der Waals surface area (Å²) in [4.78, 5) is 0. The first-order chi connectivity index (χ1) is 6.81. The van der Waals surface area contributed by atoms with E-state index in [-0.39, 0.29) is 0 Å². The van der Waals surface area contributed by atoms with Gasteiger partial charge in [-0.25, -0.2) is 0 Å². The Balaban J connectivity index is 1.89. The van der Waals surface area contributed by atoms with Gasteiger partial charge in [-0.3, -0.25) is 0 Å². The van der Waals surface area contributed by atoms with Crippen molar-refractivity contribution in [2.24, 2.45) is 0 Å². The van der Waals surface area contributed by atoms with Crippen molar-refractivity contribution in [1.29, 1.82) is 0 Å². The van der Waals surface area contributed by atoms with Crippen LogP contribution in [0.3, 0.4) is 0 Å². The minimum absolute atomic E-state index is 0.328. The van der Waals surface area contributed by atoms with Gasteiger partial charge >= 0.3 is 0 Å². The zero-order chi connectivity index (χ0) is 9.60. The van der Waals surface area contributed by atoms with Gasteiger partial charge in [0.2, 0.25) is 0 Å². The fourth-order valence-electron chi connectivity index (χ4n) is 2.68. The number of rotatable bonds is 2. The first-order valence-electron chi connectivity index (χ1n) is 5.48. The predicted octanol–water partition coefficient (Wildman–Crippen LogP) is 1.77. The molecule has 1 aliphatic carbocycles. The van der Waals surface area contributed by atoms with E-state index in [1.165, 1.54) is 37.9 Å².